The molecule has 0 atom stereocenters. The number of methoxy groups -OCH3 is 2. The molecule has 0 bridgehead atoms. The quantitative estimate of drug-likeness (QED) is 0.601. The molecule has 160 valence electrons. The van der Waals surface area contributed by atoms with Crippen LogP contribution in [0.4, 0.5) is 5.95 Å². The zero-order chi connectivity index (χ0) is 21.8. The van der Waals surface area contributed by atoms with E-state index in [1.54, 1.807) is 38.5 Å². The summed E-state index contributed by atoms with van der Waals surface area (Å²) in [6, 6.07) is 10.9. The first-order valence-electron chi connectivity index (χ1n) is 9.68. The maximum atomic E-state index is 12.7. The van der Waals surface area contributed by atoms with Gasteiger partial charge in [-0.05, 0) is 31.2 Å². The minimum atomic E-state index is -0.347. The van der Waals surface area contributed by atoms with Gasteiger partial charge in [0, 0.05) is 11.6 Å². The number of nitrogens with one attached hydrogen (secondary N) is 2. The van der Waals surface area contributed by atoms with E-state index < -0.39 is 0 Å². The third kappa shape index (κ3) is 4.16. The largest absolute Gasteiger partial charge is 0.497 e. The molecule has 0 aliphatic carbocycles. The monoisotopic (exact) mass is 422 g/mol. The number of aromatic amines is 1. The summed E-state index contributed by atoms with van der Waals surface area (Å²) >= 11 is 0. The molecule has 1 aliphatic heterocycles. The van der Waals surface area contributed by atoms with Gasteiger partial charge in [0.05, 0.1) is 32.0 Å². The Morgan fingerprint density at radius 3 is 2.84 bits per heavy atom. The van der Waals surface area contributed by atoms with E-state index in [1.807, 2.05) is 25.1 Å². The number of anilines is 1. The van der Waals surface area contributed by atoms with E-state index in [0.717, 1.165) is 5.56 Å². The molecule has 1 aromatic heterocycles. The fourth-order valence-electron chi connectivity index (χ4n) is 3.19. The molecular formula is C22H22N4O5. The van der Waals surface area contributed by atoms with Gasteiger partial charge in [-0.1, -0.05) is 12.1 Å². The van der Waals surface area contributed by atoms with Gasteiger partial charge in [-0.15, -0.1) is 5.10 Å². The molecule has 0 spiro atoms. The second-order valence-electron chi connectivity index (χ2n) is 6.59. The Balaban J connectivity index is 1.52. The molecule has 1 aliphatic rings. The Labute approximate surface area is 179 Å². The summed E-state index contributed by atoms with van der Waals surface area (Å²) in [7, 11) is 3.14. The average Bonchev–Trinajstić information content (AvgIpc) is 3.26. The zero-order valence-electron chi connectivity index (χ0n) is 17.4. The molecule has 0 radical (unpaired) electrons. The molecule has 9 heteroatoms. The molecule has 1 amide bonds. The van der Waals surface area contributed by atoms with Crippen LogP contribution in [-0.2, 0) is 4.79 Å². The highest BCUT2D eigenvalue weighted by atomic mass is 16.5. The minimum Gasteiger partial charge on any atom is -0.497 e. The van der Waals surface area contributed by atoms with Crippen molar-refractivity contribution in [2.45, 2.75) is 6.92 Å². The number of para-hydroxylation sites is 1. The molecule has 3 aromatic rings. The van der Waals surface area contributed by atoms with Crippen LogP contribution in [0.5, 0.6) is 23.0 Å². The number of fused-ring (bicyclic) bond motifs is 1. The van der Waals surface area contributed by atoms with Gasteiger partial charge in [0.25, 0.3) is 5.91 Å². The van der Waals surface area contributed by atoms with Gasteiger partial charge in [-0.25, -0.2) is 0 Å². The van der Waals surface area contributed by atoms with E-state index in [4.69, 9.17) is 18.9 Å². The van der Waals surface area contributed by atoms with Crippen LogP contribution < -0.4 is 24.3 Å². The van der Waals surface area contributed by atoms with Crippen LogP contribution in [-0.4, -0.2) is 48.5 Å². The van der Waals surface area contributed by atoms with Crippen LogP contribution in [0.1, 0.15) is 12.5 Å². The number of benzene rings is 2. The maximum Gasteiger partial charge on any atom is 0.257 e. The highest BCUT2D eigenvalue weighted by molar-refractivity contribution is 6.06. The van der Waals surface area contributed by atoms with Gasteiger partial charge in [0.1, 0.15) is 18.1 Å². The van der Waals surface area contributed by atoms with Crippen molar-refractivity contribution in [3.63, 3.8) is 0 Å². The normalized spacial score (nSPS) is 12.3. The number of amides is 1. The van der Waals surface area contributed by atoms with Crippen molar-refractivity contribution in [3.05, 3.63) is 47.5 Å². The third-order valence-corrected chi connectivity index (χ3v) is 4.68. The average molecular weight is 422 g/mol. The molecule has 2 aromatic carbocycles. The van der Waals surface area contributed by atoms with Gasteiger partial charge in [-0.2, -0.15) is 4.98 Å². The van der Waals surface area contributed by atoms with Crippen molar-refractivity contribution in [3.8, 4) is 34.4 Å². The molecule has 0 fully saturated rings. The minimum absolute atomic E-state index is 0.118. The second-order valence-corrected chi connectivity index (χ2v) is 6.59. The summed E-state index contributed by atoms with van der Waals surface area (Å²) in [5, 5.41) is 9.60. The number of aromatic nitrogens is 3. The molecule has 2 N–H and O–H groups in total. The lowest BCUT2D eigenvalue weighted by Crippen LogP contribution is -2.22. The first kappa shape index (κ1) is 20.3. The number of rotatable bonds is 7. The summed E-state index contributed by atoms with van der Waals surface area (Å²) in [4.78, 5) is 17.1. The zero-order valence-corrected chi connectivity index (χ0v) is 17.4. The highest BCUT2D eigenvalue weighted by Gasteiger charge is 2.21. The topological polar surface area (TPSA) is 108 Å². The van der Waals surface area contributed by atoms with Gasteiger partial charge in [-0.3, -0.25) is 15.2 Å². The van der Waals surface area contributed by atoms with E-state index >= 15 is 0 Å². The van der Waals surface area contributed by atoms with E-state index in [-0.39, 0.29) is 18.5 Å². The van der Waals surface area contributed by atoms with E-state index in [9.17, 15) is 4.79 Å². The Bertz CT molecular complexity index is 1140. The SMILES string of the molecule is CCOc1cccc2c1OCC(C(=O)Nc1n[nH]c(-c3ccc(OC)cc3OC)n1)=C2. The van der Waals surface area contributed by atoms with Crippen molar-refractivity contribution in [2.24, 2.45) is 0 Å². The van der Waals surface area contributed by atoms with E-state index in [2.05, 4.69) is 20.5 Å². The number of ether oxygens (including phenoxy) is 4. The molecular weight excluding hydrogens is 400 g/mol. The number of carbonyl (C=O) groups is 1. The molecule has 0 saturated heterocycles. The summed E-state index contributed by atoms with van der Waals surface area (Å²) in [5.74, 6) is 2.77. The lowest BCUT2D eigenvalue weighted by molar-refractivity contribution is -0.113. The summed E-state index contributed by atoms with van der Waals surface area (Å²) in [6.45, 7) is 2.55. The van der Waals surface area contributed by atoms with Gasteiger partial charge in [0.15, 0.2) is 17.3 Å². The Kier molecular flexibility index (Phi) is 5.74. The van der Waals surface area contributed by atoms with Gasteiger partial charge in [0.2, 0.25) is 5.95 Å². The molecule has 0 saturated carbocycles. The standard InChI is InChI=1S/C22H22N4O5/c1-4-30-17-7-5-6-13-10-14(12-31-19(13)17)21(27)24-22-23-20(25-26-22)16-9-8-15(28-2)11-18(16)29-3/h5-11H,4,12H2,1-3H3,(H2,23,24,25,26,27). The Morgan fingerprint density at radius 2 is 2.06 bits per heavy atom. The molecule has 31 heavy (non-hydrogen) atoms. The predicted molar refractivity (Wildman–Crippen MR) is 115 cm³/mol. The van der Waals surface area contributed by atoms with Crippen LogP contribution >= 0.6 is 0 Å². The van der Waals surface area contributed by atoms with Crippen LogP contribution in [0.25, 0.3) is 17.5 Å². The molecule has 4 rings (SSSR count). The van der Waals surface area contributed by atoms with Crippen LogP contribution in [0, 0.1) is 0 Å². The first-order valence-corrected chi connectivity index (χ1v) is 9.68. The predicted octanol–water partition coefficient (Wildman–Crippen LogP) is 3.30. The lowest BCUT2D eigenvalue weighted by atomic mass is 10.1. The summed E-state index contributed by atoms with van der Waals surface area (Å²) in [6.07, 6.45) is 1.77. The van der Waals surface area contributed by atoms with Crippen LogP contribution in [0.3, 0.4) is 0 Å². The maximum absolute atomic E-state index is 12.7. The van der Waals surface area contributed by atoms with Crippen molar-refractivity contribution in [2.75, 3.05) is 32.8 Å². The number of hydrogen-bond donors (Lipinski definition) is 2. The second kappa shape index (κ2) is 8.78. The molecule has 9 nitrogen and oxygen atoms in total. The molecule has 0 unspecified atom stereocenters. The van der Waals surface area contributed by atoms with Gasteiger partial charge < -0.3 is 18.9 Å². The summed E-state index contributed by atoms with van der Waals surface area (Å²) in [5.41, 5.74) is 1.92. The number of H-pyrrole nitrogens is 1. The summed E-state index contributed by atoms with van der Waals surface area (Å²) < 4.78 is 22.0. The van der Waals surface area contributed by atoms with Gasteiger partial charge >= 0.3 is 0 Å². The Morgan fingerprint density at radius 1 is 1.19 bits per heavy atom. The smallest absolute Gasteiger partial charge is 0.257 e. The molecule has 2 heterocycles. The fraction of sp³-hybridized carbons (Fsp3) is 0.227. The van der Waals surface area contributed by atoms with Crippen molar-refractivity contribution in [1.29, 1.82) is 0 Å². The number of hydrogen-bond acceptors (Lipinski definition) is 7. The lowest BCUT2D eigenvalue weighted by Gasteiger charge is -2.19. The third-order valence-electron chi connectivity index (χ3n) is 4.68. The first-order chi connectivity index (χ1) is 15.1. The van der Waals surface area contributed by atoms with Crippen LogP contribution in [0.15, 0.2) is 42.0 Å². The van der Waals surface area contributed by atoms with E-state index in [1.165, 1.54) is 0 Å². The van der Waals surface area contributed by atoms with E-state index in [0.29, 0.717) is 46.6 Å². The highest BCUT2D eigenvalue weighted by Crippen LogP contribution is 2.36. The fourth-order valence-corrected chi connectivity index (χ4v) is 3.19. The van der Waals surface area contributed by atoms with Crippen molar-refractivity contribution < 1.29 is 23.7 Å². The van der Waals surface area contributed by atoms with Crippen molar-refractivity contribution >= 4 is 17.9 Å². The number of nitrogens with zero attached hydrogens (tertiary/aromatic N) is 2. The van der Waals surface area contributed by atoms with Crippen molar-refractivity contribution in [1.82, 2.24) is 15.2 Å². The number of carbonyl (C=O) groups excluding carboxylic acids is 1. The Hall–Kier alpha value is -4.01. The van der Waals surface area contributed by atoms with Crippen LogP contribution in [0.2, 0.25) is 0 Å².